The van der Waals surface area contributed by atoms with Crippen molar-refractivity contribution in [2.75, 3.05) is 0 Å². The van der Waals surface area contributed by atoms with Gasteiger partial charge in [-0.2, -0.15) is 5.10 Å². The zero-order chi connectivity index (χ0) is 9.97. The van der Waals surface area contributed by atoms with E-state index in [2.05, 4.69) is 41.2 Å². The lowest BCUT2D eigenvalue weighted by molar-refractivity contribution is 0.712. The first-order valence-electron chi connectivity index (χ1n) is 5.04. The van der Waals surface area contributed by atoms with Crippen LogP contribution in [0.5, 0.6) is 0 Å². The Morgan fingerprint density at radius 2 is 2.36 bits per heavy atom. The second-order valence-electron chi connectivity index (χ2n) is 3.87. The van der Waals surface area contributed by atoms with E-state index in [4.69, 9.17) is 0 Å². The van der Waals surface area contributed by atoms with Crippen molar-refractivity contribution in [1.29, 1.82) is 0 Å². The van der Waals surface area contributed by atoms with Gasteiger partial charge >= 0.3 is 0 Å². The Labute approximate surface area is 85.4 Å². The summed E-state index contributed by atoms with van der Waals surface area (Å²) in [6, 6.07) is 0. The number of hydrogen-bond acceptors (Lipinski definition) is 2. The molecule has 1 aromatic heterocycles. The van der Waals surface area contributed by atoms with E-state index in [1.807, 2.05) is 0 Å². The quantitative estimate of drug-likeness (QED) is 0.781. The van der Waals surface area contributed by atoms with Crippen molar-refractivity contribution in [3.63, 3.8) is 0 Å². The van der Waals surface area contributed by atoms with E-state index in [0.29, 0.717) is 5.92 Å². The van der Waals surface area contributed by atoms with E-state index >= 15 is 0 Å². The highest BCUT2D eigenvalue weighted by molar-refractivity contribution is 5.73. The minimum absolute atomic E-state index is 0. The van der Waals surface area contributed by atoms with E-state index < -0.39 is 0 Å². The fourth-order valence-corrected chi connectivity index (χ4v) is 1.85. The van der Waals surface area contributed by atoms with Crippen LogP contribution in [0.15, 0.2) is 24.1 Å². The summed E-state index contributed by atoms with van der Waals surface area (Å²) >= 11 is 0. The molecule has 2 rings (SSSR count). The summed E-state index contributed by atoms with van der Waals surface area (Å²) in [5, 5.41) is 6.81. The molecule has 1 aromatic rings. The number of H-pyrrole nitrogens is 1. The fourth-order valence-electron chi connectivity index (χ4n) is 1.85. The lowest BCUT2D eigenvalue weighted by Gasteiger charge is -2.17. The highest BCUT2D eigenvalue weighted by Gasteiger charge is 2.14. The van der Waals surface area contributed by atoms with Gasteiger partial charge in [-0.15, -0.1) is 0 Å². The molecule has 0 bridgehead atoms. The molecule has 0 aliphatic heterocycles. The van der Waals surface area contributed by atoms with Gasteiger partial charge in [-0.05, 0) is 18.8 Å². The molecule has 0 saturated carbocycles. The third kappa shape index (κ3) is 1.62. The van der Waals surface area contributed by atoms with Crippen LogP contribution in [0, 0.1) is 5.92 Å². The van der Waals surface area contributed by atoms with Crippen LogP contribution in [0.2, 0.25) is 0 Å². The van der Waals surface area contributed by atoms with Gasteiger partial charge in [0.2, 0.25) is 0 Å². The molecule has 3 heteroatoms. The minimum Gasteiger partial charge on any atom is -0.259 e. The predicted octanol–water partition coefficient (Wildman–Crippen LogP) is 2.81. The molecule has 0 saturated heterocycles. The Morgan fingerprint density at radius 3 is 3.00 bits per heavy atom. The summed E-state index contributed by atoms with van der Waals surface area (Å²) in [5.41, 5.74) is 2.70. The maximum Gasteiger partial charge on any atom is 0.155 e. The van der Waals surface area contributed by atoms with Crippen molar-refractivity contribution >= 4 is 5.57 Å². The third-order valence-electron chi connectivity index (χ3n) is 2.58. The predicted molar refractivity (Wildman–Crippen MR) is 58.6 cm³/mol. The molecule has 1 N–H and O–H groups in total. The zero-order valence-corrected chi connectivity index (χ0v) is 8.62. The second-order valence-corrected chi connectivity index (χ2v) is 3.87. The van der Waals surface area contributed by atoms with Gasteiger partial charge in [0.15, 0.2) is 5.82 Å². The van der Waals surface area contributed by atoms with Gasteiger partial charge in [-0.1, -0.05) is 31.6 Å². The number of allylic oxidation sites excluding steroid dienone is 4. The van der Waals surface area contributed by atoms with Crippen molar-refractivity contribution in [3.8, 4) is 0 Å². The highest BCUT2D eigenvalue weighted by Crippen LogP contribution is 2.29. The Bertz CT molecular complexity index is 363. The van der Waals surface area contributed by atoms with E-state index in [-0.39, 0.29) is 1.43 Å². The molecule has 0 atom stereocenters. The lowest BCUT2D eigenvalue weighted by Crippen LogP contribution is -2.02. The van der Waals surface area contributed by atoms with Gasteiger partial charge in [-0.25, -0.2) is 4.98 Å². The summed E-state index contributed by atoms with van der Waals surface area (Å²) in [6.45, 7) is 4.45. The molecule has 0 unspecified atom stereocenters. The zero-order valence-electron chi connectivity index (χ0n) is 8.62. The number of rotatable bonds is 2. The summed E-state index contributed by atoms with van der Waals surface area (Å²) in [5.74, 6) is 1.48. The standard InChI is InChI=1S/C11H15N3.H2/c1-8(2)9-5-3-4-6-10(9)11-12-7-13-14-11;/h4,6-8H,3,5H2,1-2H3,(H,12,13,14);1H. The molecule has 0 fully saturated rings. The molecule has 0 spiro atoms. The number of aromatic amines is 1. The molecule has 0 radical (unpaired) electrons. The number of nitrogens with one attached hydrogen (secondary N) is 1. The van der Waals surface area contributed by atoms with Crippen molar-refractivity contribution in [1.82, 2.24) is 15.2 Å². The van der Waals surface area contributed by atoms with Crippen LogP contribution in [0.4, 0.5) is 0 Å². The smallest absolute Gasteiger partial charge is 0.155 e. The van der Waals surface area contributed by atoms with Crippen LogP contribution in [0.1, 0.15) is 33.9 Å². The van der Waals surface area contributed by atoms with Crippen molar-refractivity contribution in [2.24, 2.45) is 5.92 Å². The molecular weight excluding hydrogens is 174 g/mol. The van der Waals surface area contributed by atoms with Gasteiger partial charge in [0.1, 0.15) is 6.33 Å². The number of hydrogen-bond donors (Lipinski definition) is 1. The largest absolute Gasteiger partial charge is 0.259 e. The van der Waals surface area contributed by atoms with Crippen LogP contribution in [0.25, 0.3) is 5.57 Å². The first kappa shape index (κ1) is 9.19. The molecule has 14 heavy (non-hydrogen) atoms. The van der Waals surface area contributed by atoms with Gasteiger partial charge in [0, 0.05) is 7.00 Å². The van der Waals surface area contributed by atoms with Crippen molar-refractivity contribution in [3.05, 3.63) is 29.9 Å². The van der Waals surface area contributed by atoms with Gasteiger partial charge in [0.05, 0.1) is 0 Å². The first-order valence-corrected chi connectivity index (χ1v) is 5.04. The Morgan fingerprint density at radius 1 is 1.50 bits per heavy atom. The third-order valence-corrected chi connectivity index (χ3v) is 2.58. The lowest BCUT2D eigenvalue weighted by atomic mass is 9.89. The van der Waals surface area contributed by atoms with Crippen LogP contribution < -0.4 is 0 Å². The Hall–Kier alpha value is -1.38. The van der Waals surface area contributed by atoms with E-state index in [1.165, 1.54) is 11.1 Å². The fraction of sp³-hybridized carbons (Fsp3) is 0.455. The SMILES string of the molecule is CC(C)C1=C(c2ncn[nH]2)C=CCC1.[HH]. The normalized spacial score (nSPS) is 16.8. The number of aromatic nitrogens is 3. The Kier molecular flexibility index (Phi) is 2.48. The second kappa shape index (κ2) is 3.78. The van der Waals surface area contributed by atoms with Crippen molar-refractivity contribution < 1.29 is 1.43 Å². The van der Waals surface area contributed by atoms with E-state index in [1.54, 1.807) is 6.33 Å². The molecule has 1 aliphatic rings. The molecule has 1 heterocycles. The average Bonchev–Trinajstić information content (AvgIpc) is 2.70. The Balaban J connectivity index is 0.00000112. The van der Waals surface area contributed by atoms with Crippen LogP contribution in [0.3, 0.4) is 0 Å². The van der Waals surface area contributed by atoms with Crippen LogP contribution in [-0.2, 0) is 0 Å². The van der Waals surface area contributed by atoms with Crippen LogP contribution in [-0.4, -0.2) is 15.2 Å². The topological polar surface area (TPSA) is 41.6 Å². The summed E-state index contributed by atoms with van der Waals surface area (Å²) < 4.78 is 0. The van der Waals surface area contributed by atoms with Crippen molar-refractivity contribution in [2.45, 2.75) is 26.7 Å². The number of nitrogens with zero attached hydrogens (tertiary/aromatic N) is 2. The van der Waals surface area contributed by atoms with Gasteiger partial charge < -0.3 is 0 Å². The molecule has 0 amide bonds. The molecular formula is C11H17N3. The van der Waals surface area contributed by atoms with Gasteiger partial charge in [0.25, 0.3) is 0 Å². The maximum absolute atomic E-state index is 4.20. The minimum atomic E-state index is 0. The van der Waals surface area contributed by atoms with Crippen LogP contribution >= 0.6 is 0 Å². The monoisotopic (exact) mass is 191 g/mol. The van der Waals surface area contributed by atoms with E-state index in [0.717, 1.165) is 18.7 Å². The maximum atomic E-state index is 4.20. The molecule has 1 aliphatic carbocycles. The summed E-state index contributed by atoms with van der Waals surface area (Å²) in [6.07, 6.45) is 8.20. The highest BCUT2D eigenvalue weighted by atomic mass is 15.2. The van der Waals surface area contributed by atoms with Gasteiger partial charge in [-0.3, -0.25) is 5.10 Å². The molecule has 3 nitrogen and oxygen atoms in total. The molecule has 76 valence electrons. The van der Waals surface area contributed by atoms with E-state index in [9.17, 15) is 0 Å². The molecule has 0 aromatic carbocycles. The average molecular weight is 191 g/mol. The first-order chi connectivity index (χ1) is 6.79. The summed E-state index contributed by atoms with van der Waals surface area (Å²) in [4.78, 5) is 4.20. The summed E-state index contributed by atoms with van der Waals surface area (Å²) in [7, 11) is 0.